The first-order valence-corrected chi connectivity index (χ1v) is 8.96. The Hall–Kier alpha value is -2.33. The molecule has 2 atom stereocenters. The zero-order valence-electron chi connectivity index (χ0n) is 14.7. The fourth-order valence-corrected chi connectivity index (χ4v) is 3.47. The van der Waals surface area contributed by atoms with Crippen LogP contribution in [0, 0.1) is 5.92 Å². The normalized spacial score (nSPS) is 20.3. The number of carbonyl (C=O) groups is 1. The fourth-order valence-electron chi connectivity index (χ4n) is 3.47. The molecule has 2 unspecified atom stereocenters. The van der Waals surface area contributed by atoms with Crippen LogP contribution in [0.5, 0.6) is 5.75 Å². The standard InChI is InChI=1S/C21H26N2O2/c1-16-11-12-23(18(13-16)14-22)21(24)15-25-20-10-6-5-9-19(20)17-7-3-2-4-8-17/h2-10,16,18H,11-15,22H2,1H3. The Kier molecular flexibility index (Phi) is 5.71. The van der Waals surface area contributed by atoms with Gasteiger partial charge in [-0.1, -0.05) is 55.5 Å². The minimum absolute atomic E-state index is 0.0187. The minimum atomic E-state index is 0.0187. The number of hydrogen-bond donors (Lipinski definition) is 1. The quantitative estimate of drug-likeness (QED) is 0.910. The van der Waals surface area contributed by atoms with Gasteiger partial charge < -0.3 is 15.4 Å². The molecular formula is C21H26N2O2. The van der Waals surface area contributed by atoms with Gasteiger partial charge in [0.1, 0.15) is 5.75 Å². The van der Waals surface area contributed by atoms with Gasteiger partial charge in [0.15, 0.2) is 6.61 Å². The number of para-hydroxylation sites is 1. The molecule has 2 aromatic rings. The average molecular weight is 338 g/mol. The highest BCUT2D eigenvalue weighted by atomic mass is 16.5. The zero-order chi connectivity index (χ0) is 17.6. The number of hydrogen-bond acceptors (Lipinski definition) is 3. The average Bonchev–Trinajstić information content (AvgIpc) is 2.67. The van der Waals surface area contributed by atoms with Crippen molar-refractivity contribution >= 4 is 5.91 Å². The van der Waals surface area contributed by atoms with Crippen LogP contribution in [0.3, 0.4) is 0 Å². The number of nitrogens with two attached hydrogens (primary N) is 1. The van der Waals surface area contributed by atoms with Crippen LogP contribution < -0.4 is 10.5 Å². The molecule has 2 aromatic carbocycles. The van der Waals surface area contributed by atoms with Crippen molar-refractivity contribution in [1.82, 2.24) is 4.90 Å². The number of carbonyl (C=O) groups excluding carboxylic acids is 1. The Balaban J connectivity index is 1.69. The summed E-state index contributed by atoms with van der Waals surface area (Å²) < 4.78 is 5.89. The second kappa shape index (κ2) is 8.17. The van der Waals surface area contributed by atoms with Crippen LogP contribution in [0.15, 0.2) is 54.6 Å². The van der Waals surface area contributed by atoms with E-state index in [9.17, 15) is 4.79 Å². The van der Waals surface area contributed by atoms with Crippen LogP contribution in [-0.2, 0) is 4.79 Å². The summed E-state index contributed by atoms with van der Waals surface area (Å²) in [5, 5.41) is 0. The summed E-state index contributed by atoms with van der Waals surface area (Å²) in [7, 11) is 0. The van der Waals surface area contributed by atoms with Gasteiger partial charge in [0, 0.05) is 24.7 Å². The number of nitrogens with zero attached hydrogens (tertiary/aromatic N) is 1. The van der Waals surface area contributed by atoms with Gasteiger partial charge in [0.25, 0.3) is 5.91 Å². The summed E-state index contributed by atoms with van der Waals surface area (Å²) in [6.07, 6.45) is 2.01. The number of piperidine rings is 1. The highest BCUT2D eigenvalue weighted by Crippen LogP contribution is 2.29. The van der Waals surface area contributed by atoms with Crippen molar-refractivity contribution in [3.63, 3.8) is 0 Å². The van der Waals surface area contributed by atoms with E-state index in [4.69, 9.17) is 10.5 Å². The van der Waals surface area contributed by atoms with E-state index < -0.39 is 0 Å². The first-order valence-electron chi connectivity index (χ1n) is 8.96. The van der Waals surface area contributed by atoms with Crippen molar-refractivity contribution in [3.8, 4) is 16.9 Å². The largest absolute Gasteiger partial charge is 0.483 e. The number of rotatable bonds is 5. The third-order valence-corrected chi connectivity index (χ3v) is 4.89. The summed E-state index contributed by atoms with van der Waals surface area (Å²) >= 11 is 0. The van der Waals surface area contributed by atoms with Crippen molar-refractivity contribution < 1.29 is 9.53 Å². The van der Waals surface area contributed by atoms with Crippen molar-refractivity contribution in [2.45, 2.75) is 25.8 Å². The molecule has 0 aliphatic carbocycles. The Morgan fingerprint density at radius 2 is 1.88 bits per heavy atom. The fraction of sp³-hybridized carbons (Fsp3) is 0.381. The summed E-state index contributed by atoms with van der Waals surface area (Å²) in [4.78, 5) is 14.5. The van der Waals surface area contributed by atoms with Gasteiger partial charge in [-0.05, 0) is 30.4 Å². The molecule has 4 heteroatoms. The highest BCUT2D eigenvalue weighted by molar-refractivity contribution is 5.79. The maximum atomic E-state index is 12.6. The lowest BCUT2D eigenvalue weighted by Gasteiger charge is -2.37. The molecule has 2 N–H and O–H groups in total. The van der Waals surface area contributed by atoms with Crippen LogP contribution in [0.1, 0.15) is 19.8 Å². The van der Waals surface area contributed by atoms with Crippen molar-refractivity contribution in [2.24, 2.45) is 11.7 Å². The van der Waals surface area contributed by atoms with E-state index >= 15 is 0 Å². The van der Waals surface area contributed by atoms with E-state index in [1.165, 1.54) is 0 Å². The molecule has 132 valence electrons. The van der Waals surface area contributed by atoms with Crippen LogP contribution in [0.2, 0.25) is 0 Å². The van der Waals surface area contributed by atoms with Crippen molar-refractivity contribution in [3.05, 3.63) is 54.6 Å². The van der Waals surface area contributed by atoms with Crippen LogP contribution in [0.25, 0.3) is 11.1 Å². The van der Waals surface area contributed by atoms with E-state index in [0.717, 1.165) is 36.3 Å². The molecular weight excluding hydrogens is 312 g/mol. The summed E-state index contributed by atoms with van der Waals surface area (Å²) in [6, 6.07) is 18.0. The SMILES string of the molecule is CC1CCN(C(=O)COc2ccccc2-c2ccccc2)C(CN)C1. The van der Waals surface area contributed by atoms with E-state index in [2.05, 4.69) is 6.92 Å². The highest BCUT2D eigenvalue weighted by Gasteiger charge is 2.29. The molecule has 0 bridgehead atoms. The van der Waals surface area contributed by atoms with E-state index in [0.29, 0.717) is 12.5 Å². The summed E-state index contributed by atoms with van der Waals surface area (Å²) in [5.74, 6) is 1.37. The predicted molar refractivity (Wildman–Crippen MR) is 100 cm³/mol. The molecule has 1 saturated heterocycles. The van der Waals surface area contributed by atoms with E-state index in [1.54, 1.807) is 0 Å². The van der Waals surface area contributed by atoms with Gasteiger partial charge in [-0.15, -0.1) is 0 Å². The third-order valence-electron chi connectivity index (χ3n) is 4.89. The van der Waals surface area contributed by atoms with Gasteiger partial charge in [-0.2, -0.15) is 0 Å². The topological polar surface area (TPSA) is 55.6 Å². The lowest BCUT2D eigenvalue weighted by Crippen LogP contribution is -2.50. The van der Waals surface area contributed by atoms with Gasteiger partial charge in [0.05, 0.1) is 0 Å². The molecule has 1 heterocycles. The Morgan fingerprint density at radius 3 is 2.64 bits per heavy atom. The van der Waals surface area contributed by atoms with Gasteiger partial charge in [-0.25, -0.2) is 0 Å². The Labute approximate surface area is 149 Å². The molecule has 0 aromatic heterocycles. The molecule has 1 amide bonds. The molecule has 1 fully saturated rings. The van der Waals surface area contributed by atoms with Crippen LogP contribution in [0.4, 0.5) is 0 Å². The number of ether oxygens (including phenoxy) is 1. The first-order chi connectivity index (χ1) is 12.2. The molecule has 3 rings (SSSR count). The lowest BCUT2D eigenvalue weighted by atomic mass is 9.92. The maximum absolute atomic E-state index is 12.6. The lowest BCUT2D eigenvalue weighted by molar-refractivity contribution is -0.137. The second-order valence-electron chi connectivity index (χ2n) is 6.76. The molecule has 0 saturated carbocycles. The molecule has 4 nitrogen and oxygen atoms in total. The Morgan fingerprint density at radius 1 is 1.16 bits per heavy atom. The van der Waals surface area contributed by atoms with Gasteiger partial charge >= 0.3 is 0 Å². The van der Waals surface area contributed by atoms with Crippen molar-refractivity contribution in [2.75, 3.05) is 19.7 Å². The molecule has 25 heavy (non-hydrogen) atoms. The number of likely N-dealkylation sites (tertiary alicyclic amines) is 1. The van der Waals surface area contributed by atoms with Gasteiger partial charge in [-0.3, -0.25) is 4.79 Å². The molecule has 1 aliphatic heterocycles. The first kappa shape index (κ1) is 17.5. The molecule has 0 spiro atoms. The third kappa shape index (κ3) is 4.20. The smallest absolute Gasteiger partial charge is 0.260 e. The zero-order valence-corrected chi connectivity index (χ0v) is 14.7. The molecule has 1 aliphatic rings. The van der Waals surface area contributed by atoms with Crippen LogP contribution >= 0.6 is 0 Å². The molecule has 0 radical (unpaired) electrons. The van der Waals surface area contributed by atoms with Crippen LogP contribution in [-0.4, -0.2) is 36.5 Å². The monoisotopic (exact) mass is 338 g/mol. The summed E-state index contributed by atoms with van der Waals surface area (Å²) in [5.41, 5.74) is 7.95. The second-order valence-corrected chi connectivity index (χ2v) is 6.76. The number of amides is 1. The maximum Gasteiger partial charge on any atom is 0.260 e. The number of benzene rings is 2. The Bertz CT molecular complexity index is 702. The summed E-state index contributed by atoms with van der Waals surface area (Å²) in [6.45, 7) is 3.55. The van der Waals surface area contributed by atoms with Crippen molar-refractivity contribution in [1.29, 1.82) is 0 Å². The van der Waals surface area contributed by atoms with E-state index in [1.807, 2.05) is 59.5 Å². The van der Waals surface area contributed by atoms with E-state index in [-0.39, 0.29) is 18.6 Å². The van der Waals surface area contributed by atoms with Gasteiger partial charge in [0.2, 0.25) is 0 Å². The minimum Gasteiger partial charge on any atom is -0.483 e. The predicted octanol–water partition coefficient (Wildman–Crippen LogP) is 3.32.